The maximum Gasteiger partial charge on any atom is 0.334 e. The van der Waals surface area contributed by atoms with Crippen LogP contribution in [0.1, 0.15) is 66.6 Å². The molecule has 0 saturated carbocycles. The molecular weight excluding hydrogens is 588 g/mol. The number of esters is 1. The molecule has 3 aliphatic rings. The second-order valence-electron chi connectivity index (χ2n) is 13.5. The van der Waals surface area contributed by atoms with Gasteiger partial charge in [-0.25, -0.2) is 4.79 Å². The number of nitrogens with one attached hydrogen (secondary N) is 1. The Bertz CT molecular complexity index is 1560. The number of hydrogen-bond acceptors (Lipinski definition) is 9. The third kappa shape index (κ3) is 5.46. The summed E-state index contributed by atoms with van der Waals surface area (Å²) >= 11 is 0. The van der Waals surface area contributed by atoms with Crippen LogP contribution in [0.5, 0.6) is 11.5 Å². The second-order valence-corrected chi connectivity index (χ2v) is 18.3. The number of methoxy groups -OCH3 is 3. The van der Waals surface area contributed by atoms with Crippen molar-refractivity contribution in [1.29, 1.82) is 0 Å². The quantitative estimate of drug-likeness (QED) is 0.270. The van der Waals surface area contributed by atoms with Gasteiger partial charge < -0.3 is 34.0 Å². The number of Topliss-reactive ketones (excluding diaryl/α,β-unsaturated/α-hetero) is 1. The van der Waals surface area contributed by atoms with E-state index in [0.29, 0.717) is 48.6 Å². The monoisotopic (exact) mass is 634 g/mol. The maximum absolute atomic E-state index is 14.3. The van der Waals surface area contributed by atoms with Gasteiger partial charge in [0.2, 0.25) is 0 Å². The Balaban J connectivity index is 1.80. The fourth-order valence-corrected chi connectivity index (χ4v) is 7.66. The summed E-state index contributed by atoms with van der Waals surface area (Å²) in [5, 5.41) is 14.4. The molecule has 2 aromatic carbocycles. The van der Waals surface area contributed by atoms with Crippen molar-refractivity contribution in [2.45, 2.75) is 69.6 Å². The molecule has 10 heteroatoms. The summed E-state index contributed by atoms with van der Waals surface area (Å²) in [5.74, 6) is 0.0819. The number of nitrogens with zero attached hydrogens (tertiary/aromatic N) is 1. The van der Waals surface area contributed by atoms with Gasteiger partial charge in [0.25, 0.3) is 0 Å². The van der Waals surface area contributed by atoms with E-state index in [4.69, 9.17) is 18.6 Å². The van der Waals surface area contributed by atoms with Crippen molar-refractivity contribution in [3.63, 3.8) is 0 Å². The van der Waals surface area contributed by atoms with Crippen LogP contribution in [0, 0.1) is 0 Å². The minimum atomic E-state index is -2.40. The maximum atomic E-state index is 14.3. The molecule has 0 saturated heterocycles. The van der Waals surface area contributed by atoms with E-state index in [2.05, 4.69) is 51.3 Å². The minimum Gasteiger partial charge on any atom is -0.497 e. The van der Waals surface area contributed by atoms with E-state index in [1.165, 1.54) is 7.11 Å². The number of rotatable bonds is 9. The number of aliphatic hydroxyl groups excluding tert-OH is 1. The highest BCUT2D eigenvalue weighted by Crippen LogP contribution is 2.54. The second kappa shape index (κ2) is 12.3. The number of aliphatic hydroxyl groups is 1. The highest BCUT2D eigenvalue weighted by atomic mass is 28.4. The van der Waals surface area contributed by atoms with Crippen molar-refractivity contribution in [1.82, 2.24) is 5.32 Å². The zero-order valence-corrected chi connectivity index (χ0v) is 28.7. The van der Waals surface area contributed by atoms with Crippen LogP contribution in [0.25, 0.3) is 5.70 Å². The molecule has 0 fully saturated rings. The third-order valence-corrected chi connectivity index (χ3v) is 14.7. The number of anilines is 1. The molecule has 242 valence electrons. The molecule has 2 unspecified atom stereocenters. The summed E-state index contributed by atoms with van der Waals surface area (Å²) in [6, 6.07) is 9.45. The highest BCUT2D eigenvalue weighted by Gasteiger charge is 2.60. The Morgan fingerprint density at radius 2 is 1.87 bits per heavy atom. The lowest BCUT2D eigenvalue weighted by atomic mass is 9.75. The van der Waals surface area contributed by atoms with Crippen LogP contribution < -0.4 is 19.7 Å². The van der Waals surface area contributed by atoms with E-state index in [9.17, 15) is 14.7 Å². The van der Waals surface area contributed by atoms with Gasteiger partial charge in [-0.15, -0.1) is 0 Å². The van der Waals surface area contributed by atoms with E-state index in [0.717, 1.165) is 28.0 Å². The van der Waals surface area contributed by atoms with Crippen LogP contribution in [-0.2, 0) is 20.4 Å². The molecule has 5 rings (SSSR count). The number of ether oxygens (including phenoxy) is 3. The lowest BCUT2D eigenvalue weighted by molar-refractivity contribution is -0.150. The van der Waals surface area contributed by atoms with Gasteiger partial charge in [0.05, 0.1) is 27.9 Å². The van der Waals surface area contributed by atoms with Gasteiger partial charge in [-0.1, -0.05) is 45.1 Å². The number of hydrogen-bond donors (Lipinski definition) is 2. The number of fused-ring (bicyclic) bond motifs is 4. The first-order valence-electron chi connectivity index (χ1n) is 15.5. The average molecular weight is 635 g/mol. The minimum absolute atomic E-state index is 0.00187. The van der Waals surface area contributed by atoms with Crippen molar-refractivity contribution in [2.24, 2.45) is 0 Å². The van der Waals surface area contributed by atoms with Gasteiger partial charge in [0.15, 0.2) is 19.6 Å². The van der Waals surface area contributed by atoms with Crippen LogP contribution in [0.2, 0.25) is 18.1 Å². The number of ketones is 1. The number of dihydropyridines is 1. The highest BCUT2D eigenvalue weighted by molar-refractivity contribution is 6.74. The molecular formula is C35H46N2O7Si. The lowest BCUT2D eigenvalue weighted by Crippen LogP contribution is -2.61. The van der Waals surface area contributed by atoms with Crippen LogP contribution in [0.3, 0.4) is 0 Å². The van der Waals surface area contributed by atoms with Crippen LogP contribution in [0.4, 0.5) is 5.69 Å². The van der Waals surface area contributed by atoms with Gasteiger partial charge in [-0.05, 0) is 59.8 Å². The van der Waals surface area contributed by atoms with Gasteiger partial charge >= 0.3 is 5.97 Å². The molecule has 1 aliphatic carbocycles. The summed E-state index contributed by atoms with van der Waals surface area (Å²) in [6.07, 6.45) is 5.41. The molecule has 2 aromatic rings. The molecule has 0 aromatic heterocycles. The molecule has 45 heavy (non-hydrogen) atoms. The standard InChI is InChI=1S/C35H46N2O7Si/c1-34(2,3)45(7,8)44-20-35(33(40)43-6)26(18-23-11-13-24(41-4)19-29(23)42-5)31-27(37(35)21-38)15-14-25-30(31)28(39)16-12-22-10-9-17-36-32(22)25/h9-11,13-15,19,26,36,38H,12,16-18,20-21H2,1-8H3. The molecule has 9 nitrogen and oxygen atoms in total. The lowest BCUT2D eigenvalue weighted by Gasteiger charge is -2.44. The molecule has 0 radical (unpaired) electrons. The first kappa shape index (κ1) is 32.8. The molecule has 2 heterocycles. The molecule has 0 spiro atoms. The number of carbonyl (C=O) groups is 2. The van der Waals surface area contributed by atoms with Crippen molar-refractivity contribution in [3.8, 4) is 11.5 Å². The molecule has 2 aliphatic heterocycles. The van der Waals surface area contributed by atoms with Crippen molar-refractivity contribution >= 4 is 31.5 Å². The van der Waals surface area contributed by atoms with E-state index in [-0.39, 0.29) is 17.4 Å². The van der Waals surface area contributed by atoms with Crippen LogP contribution in [0.15, 0.2) is 48.1 Å². The first-order chi connectivity index (χ1) is 21.3. The Labute approximate surface area is 267 Å². The predicted octanol–water partition coefficient (Wildman–Crippen LogP) is 5.58. The van der Waals surface area contributed by atoms with E-state index in [1.807, 2.05) is 30.3 Å². The largest absolute Gasteiger partial charge is 0.497 e. The van der Waals surface area contributed by atoms with E-state index >= 15 is 0 Å². The Hall–Kier alpha value is -3.60. The summed E-state index contributed by atoms with van der Waals surface area (Å²) in [7, 11) is 2.16. The summed E-state index contributed by atoms with van der Waals surface area (Å²) in [6.45, 7) is 10.9. The van der Waals surface area contributed by atoms with Crippen molar-refractivity contribution in [2.75, 3.05) is 46.1 Å². The summed E-state index contributed by atoms with van der Waals surface area (Å²) in [4.78, 5) is 30.2. The normalized spacial score (nSPS) is 21.0. The molecule has 2 atom stereocenters. The molecule has 0 amide bonds. The first-order valence-corrected chi connectivity index (χ1v) is 18.4. The van der Waals surface area contributed by atoms with Gasteiger partial charge in [0.1, 0.15) is 18.2 Å². The van der Waals surface area contributed by atoms with Gasteiger partial charge in [-0.3, -0.25) is 4.79 Å². The smallest absolute Gasteiger partial charge is 0.334 e. The van der Waals surface area contributed by atoms with Crippen LogP contribution in [-0.4, -0.2) is 71.9 Å². The summed E-state index contributed by atoms with van der Waals surface area (Å²) < 4.78 is 23.7. The summed E-state index contributed by atoms with van der Waals surface area (Å²) in [5.41, 5.74) is 4.11. The van der Waals surface area contributed by atoms with Crippen LogP contribution >= 0.6 is 0 Å². The predicted molar refractivity (Wildman–Crippen MR) is 178 cm³/mol. The molecule has 0 bridgehead atoms. The Kier molecular flexibility index (Phi) is 8.96. The van der Waals surface area contributed by atoms with Crippen molar-refractivity contribution in [3.05, 3.63) is 70.3 Å². The SMILES string of the molecule is COC(=O)C1(CO[Si](C)(C)C(C)(C)C)C(Cc2ccc(OC)cc2OC)c2c(ccc3c2C(=O)CCC2=C3NCC=C2)N1CO. The van der Waals surface area contributed by atoms with E-state index in [1.54, 1.807) is 19.1 Å². The third-order valence-electron chi connectivity index (χ3n) is 10.2. The van der Waals surface area contributed by atoms with E-state index < -0.39 is 32.5 Å². The Morgan fingerprint density at radius 3 is 2.51 bits per heavy atom. The fraction of sp³-hybridized carbons (Fsp3) is 0.486. The zero-order chi connectivity index (χ0) is 32.7. The van der Waals surface area contributed by atoms with Crippen molar-refractivity contribution < 1.29 is 33.3 Å². The van der Waals surface area contributed by atoms with Gasteiger partial charge in [-0.2, -0.15) is 0 Å². The molecule has 2 N–H and O–H groups in total. The van der Waals surface area contributed by atoms with Gasteiger partial charge in [0, 0.05) is 47.5 Å². The Morgan fingerprint density at radius 1 is 1.11 bits per heavy atom. The number of carbonyl (C=O) groups excluding carboxylic acids is 2. The number of allylic oxidation sites excluding steroid dienone is 2. The topological polar surface area (TPSA) is 107 Å². The average Bonchev–Trinajstić information content (AvgIpc) is 3.21. The fourth-order valence-electron chi connectivity index (χ4n) is 6.64. The number of benzene rings is 2. The zero-order valence-electron chi connectivity index (χ0n) is 27.7.